The molecule has 1 aliphatic heterocycles. The maximum atomic E-state index is 12.2. The molecular weight excluding hydrogens is 382 g/mol. The van der Waals surface area contributed by atoms with Crippen molar-refractivity contribution in [3.05, 3.63) is 44.0 Å². The van der Waals surface area contributed by atoms with Crippen molar-refractivity contribution >= 4 is 29.0 Å². The number of ether oxygens (including phenoxy) is 1. The molecule has 0 bridgehead atoms. The lowest BCUT2D eigenvalue weighted by Gasteiger charge is -2.03. The number of aromatic nitrogens is 1. The van der Waals surface area contributed by atoms with Gasteiger partial charge in [-0.3, -0.25) is 19.1 Å². The summed E-state index contributed by atoms with van der Waals surface area (Å²) in [7, 11) is 1.58. The minimum absolute atomic E-state index is 0. The van der Waals surface area contributed by atoms with E-state index in [2.05, 4.69) is 10.3 Å². The number of thiazole rings is 1. The van der Waals surface area contributed by atoms with E-state index in [1.54, 1.807) is 35.9 Å². The molecule has 122 valence electrons. The summed E-state index contributed by atoms with van der Waals surface area (Å²) in [5, 5.41) is 2.73. The van der Waals surface area contributed by atoms with E-state index in [-0.39, 0.29) is 28.4 Å². The maximum Gasteiger partial charge on any atom is 0.270 e. The van der Waals surface area contributed by atoms with Crippen molar-refractivity contribution in [2.75, 3.05) is 19.0 Å². The monoisotopic (exact) mass is 396 g/mol. The molecule has 8 heteroatoms. The van der Waals surface area contributed by atoms with E-state index in [4.69, 9.17) is 4.74 Å². The fourth-order valence-electron chi connectivity index (χ4n) is 2.20. The van der Waals surface area contributed by atoms with Gasteiger partial charge in [0, 0.05) is 24.9 Å². The molecule has 1 N–H and O–H groups in total. The van der Waals surface area contributed by atoms with Crippen LogP contribution < -0.4 is 41.9 Å². The van der Waals surface area contributed by atoms with Crippen molar-refractivity contribution in [2.24, 2.45) is 4.99 Å². The number of benzene rings is 1. The first kappa shape index (κ1) is 17.4. The van der Waals surface area contributed by atoms with E-state index in [1.165, 1.54) is 17.4 Å². The summed E-state index contributed by atoms with van der Waals surface area (Å²) in [6, 6.07) is 7.00. The highest BCUT2D eigenvalue weighted by Crippen LogP contribution is 2.14. The molecule has 0 saturated carbocycles. The van der Waals surface area contributed by atoms with Crippen molar-refractivity contribution in [2.45, 2.75) is 13.0 Å². The summed E-state index contributed by atoms with van der Waals surface area (Å²) in [6.07, 6.45) is 2.19. The fraction of sp³-hybridized carbons (Fsp3) is 0.267. The number of nitrogens with zero attached hydrogens (tertiary/aromatic N) is 2. The number of methoxy groups -OCH3 is 1. The van der Waals surface area contributed by atoms with E-state index in [0.717, 1.165) is 13.0 Å². The van der Waals surface area contributed by atoms with Crippen molar-refractivity contribution in [3.8, 4) is 5.75 Å². The van der Waals surface area contributed by atoms with Crippen molar-refractivity contribution in [3.63, 3.8) is 0 Å². The normalized spacial score (nSPS) is 13.5. The summed E-state index contributed by atoms with van der Waals surface area (Å²) >= 11 is 1.25. The molecule has 0 atom stereocenters. The maximum absolute atomic E-state index is 12.2. The van der Waals surface area contributed by atoms with Crippen LogP contribution in [0.4, 0.5) is 5.69 Å². The fourth-order valence-corrected chi connectivity index (χ4v) is 3.20. The molecule has 2 aromatic rings. The van der Waals surface area contributed by atoms with Crippen molar-refractivity contribution in [1.82, 2.24) is 4.57 Å². The SMILES string of the molecule is COc1ccc(NC(=O)/C=c2\sc3n(c2=O)CCCN=3)cc1.[Br-]. The molecule has 0 fully saturated rings. The standard InChI is InChI=1S/C15H15N3O3S.BrH/c1-21-11-5-3-10(4-6-11)17-13(19)9-12-14(20)18-8-2-7-16-15(18)22-12;/h3-6,9H,2,7-8H2,1H3,(H,17,19);1H/p-1/b12-9-;. The molecular formula is C15H15BrN3O3S-. The summed E-state index contributed by atoms with van der Waals surface area (Å²) in [6.45, 7) is 1.40. The smallest absolute Gasteiger partial charge is 0.270 e. The summed E-state index contributed by atoms with van der Waals surface area (Å²) < 4.78 is 7.09. The Bertz CT molecular complexity index is 871. The van der Waals surface area contributed by atoms with Gasteiger partial charge in [0.2, 0.25) is 5.91 Å². The van der Waals surface area contributed by atoms with E-state index in [0.29, 0.717) is 27.3 Å². The van der Waals surface area contributed by atoms with Gasteiger partial charge in [-0.1, -0.05) is 11.3 Å². The van der Waals surface area contributed by atoms with E-state index in [1.807, 2.05) is 0 Å². The number of hydrogen-bond acceptors (Lipinski definition) is 5. The average molecular weight is 397 g/mol. The number of hydrogen-bond donors (Lipinski definition) is 1. The van der Waals surface area contributed by atoms with Crippen LogP contribution >= 0.6 is 11.3 Å². The Kier molecular flexibility index (Phi) is 5.73. The first-order valence-electron chi connectivity index (χ1n) is 6.88. The Labute approximate surface area is 146 Å². The van der Waals surface area contributed by atoms with Crippen LogP contribution in [0.15, 0.2) is 34.1 Å². The van der Waals surface area contributed by atoms with Gasteiger partial charge in [0.25, 0.3) is 5.56 Å². The highest BCUT2D eigenvalue weighted by molar-refractivity contribution is 7.07. The van der Waals surface area contributed by atoms with Crippen LogP contribution in [0.2, 0.25) is 0 Å². The largest absolute Gasteiger partial charge is 1.00 e. The van der Waals surface area contributed by atoms with Crippen LogP contribution in [0.25, 0.3) is 6.08 Å². The van der Waals surface area contributed by atoms with E-state index in [9.17, 15) is 9.59 Å². The third-order valence-corrected chi connectivity index (χ3v) is 4.34. The topological polar surface area (TPSA) is 72.7 Å². The Morgan fingerprint density at radius 3 is 2.78 bits per heavy atom. The third-order valence-electron chi connectivity index (χ3n) is 3.29. The number of carbonyl (C=O) groups excluding carboxylic acids is 1. The predicted octanol–water partition coefficient (Wildman–Crippen LogP) is -2.64. The predicted molar refractivity (Wildman–Crippen MR) is 84.9 cm³/mol. The molecule has 1 aromatic carbocycles. The van der Waals surface area contributed by atoms with Gasteiger partial charge in [-0.25, -0.2) is 0 Å². The average Bonchev–Trinajstić information content (AvgIpc) is 2.84. The number of anilines is 1. The van der Waals surface area contributed by atoms with Crippen molar-refractivity contribution < 1.29 is 26.5 Å². The first-order chi connectivity index (χ1) is 10.7. The molecule has 1 aromatic heterocycles. The van der Waals surface area contributed by atoms with Crippen LogP contribution in [-0.4, -0.2) is 24.1 Å². The van der Waals surface area contributed by atoms with Gasteiger partial charge in [-0.2, -0.15) is 0 Å². The molecule has 0 unspecified atom stereocenters. The lowest BCUT2D eigenvalue weighted by molar-refractivity contribution is -0.110. The quantitative estimate of drug-likeness (QED) is 0.616. The number of carbonyl (C=O) groups is 1. The molecule has 0 saturated heterocycles. The first-order valence-corrected chi connectivity index (χ1v) is 7.70. The van der Waals surface area contributed by atoms with Gasteiger partial charge in [0.1, 0.15) is 10.3 Å². The Balaban J connectivity index is 0.00000192. The molecule has 3 rings (SSSR count). The molecule has 0 aliphatic carbocycles. The summed E-state index contributed by atoms with van der Waals surface area (Å²) in [5.41, 5.74) is 0.501. The Morgan fingerprint density at radius 2 is 2.13 bits per heavy atom. The zero-order chi connectivity index (χ0) is 15.5. The number of nitrogens with one attached hydrogen (secondary N) is 1. The number of fused-ring (bicyclic) bond motifs is 1. The number of halogens is 1. The second-order valence-electron chi connectivity index (χ2n) is 4.80. The summed E-state index contributed by atoms with van der Waals surface area (Å²) in [5.74, 6) is 0.384. The van der Waals surface area contributed by atoms with Gasteiger partial charge in [0.15, 0.2) is 4.80 Å². The zero-order valence-corrected chi connectivity index (χ0v) is 14.8. The van der Waals surface area contributed by atoms with Gasteiger partial charge < -0.3 is 27.0 Å². The minimum atomic E-state index is -0.332. The van der Waals surface area contributed by atoms with E-state index >= 15 is 0 Å². The van der Waals surface area contributed by atoms with Crippen LogP contribution in [-0.2, 0) is 11.3 Å². The zero-order valence-electron chi connectivity index (χ0n) is 12.4. The molecule has 2 heterocycles. The molecule has 1 amide bonds. The van der Waals surface area contributed by atoms with Gasteiger partial charge in [-0.05, 0) is 30.7 Å². The lowest BCUT2D eigenvalue weighted by Crippen LogP contribution is -3.00. The molecule has 23 heavy (non-hydrogen) atoms. The second kappa shape index (κ2) is 7.56. The van der Waals surface area contributed by atoms with Crippen LogP contribution in [0, 0.1) is 0 Å². The molecule has 6 nitrogen and oxygen atoms in total. The number of amides is 1. The molecule has 0 radical (unpaired) electrons. The van der Waals surface area contributed by atoms with E-state index < -0.39 is 0 Å². The highest BCUT2D eigenvalue weighted by Gasteiger charge is 2.09. The van der Waals surface area contributed by atoms with Crippen LogP contribution in [0.3, 0.4) is 0 Å². The second-order valence-corrected chi connectivity index (χ2v) is 5.81. The Morgan fingerprint density at radius 1 is 1.39 bits per heavy atom. The highest BCUT2D eigenvalue weighted by atomic mass is 79.9. The van der Waals surface area contributed by atoms with Crippen LogP contribution in [0.5, 0.6) is 5.75 Å². The molecule has 1 aliphatic rings. The van der Waals surface area contributed by atoms with Gasteiger partial charge in [0.05, 0.1) is 7.11 Å². The third kappa shape index (κ3) is 3.89. The minimum Gasteiger partial charge on any atom is -1.00 e. The van der Waals surface area contributed by atoms with Gasteiger partial charge in [-0.15, -0.1) is 0 Å². The Hall–Kier alpha value is -1.93. The molecule has 0 spiro atoms. The van der Waals surface area contributed by atoms with Crippen LogP contribution in [0.1, 0.15) is 6.42 Å². The van der Waals surface area contributed by atoms with Crippen molar-refractivity contribution in [1.29, 1.82) is 0 Å². The van der Waals surface area contributed by atoms with Gasteiger partial charge >= 0.3 is 0 Å². The number of rotatable bonds is 3. The lowest BCUT2D eigenvalue weighted by atomic mass is 10.3. The summed E-state index contributed by atoms with van der Waals surface area (Å²) in [4.78, 5) is 29.2.